The minimum absolute atomic E-state index is 0.0414. The van der Waals surface area contributed by atoms with Gasteiger partial charge in [0.15, 0.2) is 6.61 Å². The lowest BCUT2D eigenvalue weighted by molar-refractivity contribution is 0.0925. The van der Waals surface area contributed by atoms with Gasteiger partial charge in [0, 0.05) is 0 Å². The van der Waals surface area contributed by atoms with Gasteiger partial charge < -0.3 is 4.74 Å². The molecule has 2 rings (SSSR count). The summed E-state index contributed by atoms with van der Waals surface area (Å²) < 4.78 is 6.12. The first-order valence-corrected chi connectivity index (χ1v) is 6.73. The third-order valence-corrected chi connectivity index (χ3v) is 3.69. The first-order chi connectivity index (χ1) is 8.54. The van der Waals surface area contributed by atoms with E-state index < -0.39 is 0 Å². The number of ether oxygens (including phenoxy) is 1. The Morgan fingerprint density at radius 2 is 1.89 bits per heavy atom. The van der Waals surface area contributed by atoms with E-state index in [-0.39, 0.29) is 12.4 Å². The first-order valence-electron chi connectivity index (χ1n) is 5.54. The predicted octanol–water partition coefficient (Wildman–Crippen LogP) is 4.28. The molecule has 0 aliphatic carbocycles. The zero-order chi connectivity index (χ0) is 13.1. The summed E-state index contributed by atoms with van der Waals surface area (Å²) in [7, 11) is 0. The number of rotatable bonds is 4. The quantitative estimate of drug-likeness (QED) is 0.782. The van der Waals surface area contributed by atoms with Gasteiger partial charge in [-0.15, -0.1) is 11.3 Å². The van der Waals surface area contributed by atoms with Gasteiger partial charge in [-0.3, -0.25) is 4.79 Å². The van der Waals surface area contributed by atoms with Crippen LogP contribution in [0.3, 0.4) is 0 Å². The number of ketones is 1. The summed E-state index contributed by atoms with van der Waals surface area (Å²) in [6, 6.07) is 9.34. The van der Waals surface area contributed by atoms with Crippen LogP contribution in [0.25, 0.3) is 0 Å². The lowest BCUT2D eigenvalue weighted by Gasteiger charge is -2.06. The Bertz CT molecular complexity index is 555. The highest BCUT2D eigenvalue weighted by molar-refractivity contribution is 7.18. The van der Waals surface area contributed by atoms with Crippen LogP contribution in [-0.4, -0.2) is 12.4 Å². The van der Waals surface area contributed by atoms with E-state index in [4.69, 9.17) is 16.3 Å². The molecule has 0 aliphatic rings. The first kappa shape index (κ1) is 13.1. The average Bonchev–Trinajstić information content (AvgIpc) is 2.71. The van der Waals surface area contributed by atoms with Gasteiger partial charge in [0.1, 0.15) is 5.75 Å². The molecule has 2 nitrogen and oxygen atoms in total. The Balaban J connectivity index is 2.01. The summed E-state index contributed by atoms with van der Waals surface area (Å²) >= 11 is 7.06. The van der Waals surface area contributed by atoms with Crippen LogP contribution >= 0.6 is 22.9 Å². The summed E-state index contributed by atoms with van der Waals surface area (Å²) in [6.07, 6.45) is 0. The van der Waals surface area contributed by atoms with Gasteiger partial charge in [-0.05, 0) is 49.2 Å². The minimum Gasteiger partial charge on any atom is -0.485 e. The van der Waals surface area contributed by atoms with Crippen LogP contribution < -0.4 is 4.74 Å². The molecule has 0 bridgehead atoms. The van der Waals surface area contributed by atoms with E-state index in [0.717, 1.165) is 16.9 Å². The fraction of sp³-hybridized carbons (Fsp3) is 0.214. The highest BCUT2D eigenvalue weighted by Gasteiger charge is 2.09. The minimum atomic E-state index is -0.0499. The molecule has 0 atom stereocenters. The molecule has 0 amide bonds. The summed E-state index contributed by atoms with van der Waals surface area (Å²) in [5.41, 5.74) is 2.24. The van der Waals surface area contributed by atoms with Crippen LogP contribution in [-0.2, 0) is 0 Å². The number of carbonyl (C=O) groups excluding carboxylic acids is 1. The molecule has 0 saturated carbocycles. The van der Waals surface area contributed by atoms with Crippen LogP contribution in [0.5, 0.6) is 5.75 Å². The number of benzene rings is 1. The van der Waals surface area contributed by atoms with Crippen LogP contribution in [0.4, 0.5) is 0 Å². The standard InChI is InChI=1S/C14H13ClO2S/c1-9-5-10(2)7-11(6-9)17-8-12(16)13-3-4-14(15)18-13/h3-7H,8H2,1-2H3. The van der Waals surface area contributed by atoms with Crippen molar-refractivity contribution in [2.45, 2.75) is 13.8 Å². The molecule has 1 aromatic carbocycles. The topological polar surface area (TPSA) is 26.3 Å². The predicted molar refractivity (Wildman–Crippen MR) is 75.1 cm³/mol. The third-order valence-electron chi connectivity index (χ3n) is 2.41. The molecule has 1 aromatic heterocycles. The number of thiophene rings is 1. The van der Waals surface area contributed by atoms with Gasteiger partial charge in [0.25, 0.3) is 0 Å². The number of hydrogen-bond acceptors (Lipinski definition) is 3. The Labute approximate surface area is 115 Å². The van der Waals surface area contributed by atoms with Gasteiger partial charge >= 0.3 is 0 Å². The zero-order valence-electron chi connectivity index (χ0n) is 10.2. The van der Waals surface area contributed by atoms with Crippen molar-refractivity contribution in [3.05, 3.63) is 50.7 Å². The van der Waals surface area contributed by atoms with Crippen molar-refractivity contribution in [3.8, 4) is 5.75 Å². The Morgan fingerprint density at radius 3 is 2.44 bits per heavy atom. The van der Waals surface area contributed by atoms with Crippen molar-refractivity contribution >= 4 is 28.7 Å². The maximum atomic E-state index is 11.8. The SMILES string of the molecule is Cc1cc(C)cc(OCC(=O)c2ccc(Cl)s2)c1. The van der Waals surface area contributed by atoms with Crippen molar-refractivity contribution in [1.82, 2.24) is 0 Å². The summed E-state index contributed by atoms with van der Waals surface area (Å²) in [4.78, 5) is 12.5. The Hall–Kier alpha value is -1.32. The maximum Gasteiger partial charge on any atom is 0.210 e. The van der Waals surface area contributed by atoms with Crippen molar-refractivity contribution < 1.29 is 9.53 Å². The highest BCUT2D eigenvalue weighted by Crippen LogP contribution is 2.22. The second kappa shape index (κ2) is 5.55. The lowest BCUT2D eigenvalue weighted by Crippen LogP contribution is -2.10. The summed E-state index contributed by atoms with van der Waals surface area (Å²) in [5.74, 6) is 0.676. The molecule has 0 radical (unpaired) electrons. The molecule has 4 heteroatoms. The second-order valence-electron chi connectivity index (χ2n) is 4.14. The molecular weight excluding hydrogens is 268 g/mol. The van der Waals surface area contributed by atoms with E-state index in [9.17, 15) is 4.79 Å². The van der Waals surface area contributed by atoms with Crippen molar-refractivity contribution in [2.75, 3.05) is 6.61 Å². The smallest absolute Gasteiger partial charge is 0.210 e. The van der Waals surface area contributed by atoms with Crippen molar-refractivity contribution in [1.29, 1.82) is 0 Å². The van der Waals surface area contributed by atoms with E-state index >= 15 is 0 Å². The average molecular weight is 281 g/mol. The van der Waals surface area contributed by atoms with Crippen molar-refractivity contribution in [3.63, 3.8) is 0 Å². The monoisotopic (exact) mass is 280 g/mol. The molecule has 0 aliphatic heterocycles. The normalized spacial score (nSPS) is 10.4. The van der Waals surface area contributed by atoms with E-state index in [1.165, 1.54) is 11.3 Å². The number of aryl methyl sites for hydroxylation is 2. The number of hydrogen-bond donors (Lipinski definition) is 0. The lowest BCUT2D eigenvalue weighted by atomic mass is 10.1. The maximum absolute atomic E-state index is 11.8. The Morgan fingerprint density at radius 1 is 1.22 bits per heavy atom. The Kier molecular flexibility index (Phi) is 4.04. The molecule has 0 saturated heterocycles. The second-order valence-corrected chi connectivity index (χ2v) is 5.85. The van der Waals surface area contributed by atoms with Gasteiger partial charge in [-0.2, -0.15) is 0 Å². The van der Waals surface area contributed by atoms with E-state index in [1.807, 2.05) is 26.0 Å². The molecular formula is C14H13ClO2S. The van der Waals surface area contributed by atoms with Gasteiger partial charge in [0.2, 0.25) is 5.78 Å². The van der Waals surface area contributed by atoms with Crippen molar-refractivity contribution in [2.24, 2.45) is 0 Å². The van der Waals surface area contributed by atoms with Gasteiger partial charge in [-0.1, -0.05) is 17.7 Å². The summed E-state index contributed by atoms with van der Waals surface area (Å²) in [5, 5.41) is 0. The number of halogens is 1. The fourth-order valence-electron chi connectivity index (χ4n) is 1.70. The molecule has 0 fully saturated rings. The summed E-state index contributed by atoms with van der Waals surface area (Å²) in [6.45, 7) is 4.04. The van der Waals surface area contributed by atoms with Gasteiger partial charge in [-0.25, -0.2) is 0 Å². The van der Waals surface area contributed by atoms with Crippen LogP contribution in [0.1, 0.15) is 20.8 Å². The van der Waals surface area contributed by atoms with E-state index in [1.54, 1.807) is 12.1 Å². The largest absolute Gasteiger partial charge is 0.485 e. The molecule has 0 unspecified atom stereocenters. The zero-order valence-corrected chi connectivity index (χ0v) is 11.8. The fourth-order valence-corrected chi connectivity index (χ4v) is 2.67. The molecule has 2 aromatic rings. The van der Waals surface area contributed by atoms with Crippen LogP contribution in [0.2, 0.25) is 4.34 Å². The number of carbonyl (C=O) groups is 1. The van der Waals surface area contributed by atoms with Crippen LogP contribution in [0.15, 0.2) is 30.3 Å². The van der Waals surface area contributed by atoms with E-state index in [0.29, 0.717) is 9.21 Å². The van der Waals surface area contributed by atoms with Crippen LogP contribution in [0, 0.1) is 13.8 Å². The van der Waals surface area contributed by atoms with E-state index in [2.05, 4.69) is 6.07 Å². The molecule has 0 N–H and O–H groups in total. The van der Waals surface area contributed by atoms with Gasteiger partial charge in [0.05, 0.1) is 9.21 Å². The molecule has 94 valence electrons. The molecule has 18 heavy (non-hydrogen) atoms. The third kappa shape index (κ3) is 3.34. The highest BCUT2D eigenvalue weighted by atomic mass is 35.5. The molecule has 1 heterocycles. The molecule has 0 spiro atoms. The number of Topliss-reactive ketones (excluding diaryl/α,β-unsaturated/α-hetero) is 1.